The summed E-state index contributed by atoms with van der Waals surface area (Å²) in [6.07, 6.45) is 4.95. The van der Waals surface area contributed by atoms with Crippen LogP contribution in [0.3, 0.4) is 0 Å². The Kier molecular flexibility index (Phi) is 7.03. The van der Waals surface area contributed by atoms with Crippen molar-refractivity contribution in [3.05, 3.63) is 24.3 Å². The van der Waals surface area contributed by atoms with E-state index in [2.05, 4.69) is 38.7 Å². The van der Waals surface area contributed by atoms with Gasteiger partial charge in [0.05, 0.1) is 6.61 Å². The second kappa shape index (κ2) is 9.90. The lowest BCUT2D eigenvalue weighted by Gasteiger charge is -2.38. The highest BCUT2D eigenvalue weighted by Gasteiger charge is 2.31. The molecule has 6 nitrogen and oxygen atoms in total. The zero-order valence-electron chi connectivity index (χ0n) is 18.8. The summed E-state index contributed by atoms with van der Waals surface area (Å²) in [6, 6.07) is 9.30. The quantitative estimate of drug-likeness (QED) is 0.756. The normalized spacial score (nSPS) is 24.2. The highest BCUT2D eigenvalue weighted by atomic mass is 16.5. The zero-order chi connectivity index (χ0) is 20.9. The number of ether oxygens (including phenoxy) is 1. The molecular weight excluding hydrogens is 376 g/mol. The van der Waals surface area contributed by atoms with Crippen LogP contribution in [0, 0.1) is 5.92 Å². The van der Waals surface area contributed by atoms with Gasteiger partial charge in [0.2, 0.25) is 0 Å². The number of likely N-dealkylation sites (tertiary alicyclic amines) is 2. The Balaban J connectivity index is 1.31. The van der Waals surface area contributed by atoms with Crippen molar-refractivity contribution in [2.45, 2.75) is 45.6 Å². The molecule has 4 rings (SSSR count). The van der Waals surface area contributed by atoms with Crippen molar-refractivity contribution in [2.24, 2.45) is 5.92 Å². The first-order valence-electron chi connectivity index (χ1n) is 11.9. The Hall–Kier alpha value is -1.95. The maximum Gasteiger partial charge on any atom is 0.320 e. The molecule has 3 aliphatic rings. The molecule has 3 saturated heterocycles. The lowest BCUT2D eigenvalue weighted by atomic mass is 10.0. The smallest absolute Gasteiger partial charge is 0.320 e. The lowest BCUT2D eigenvalue weighted by molar-refractivity contribution is 0.110. The second-order valence-electron chi connectivity index (χ2n) is 9.17. The molecule has 0 N–H and O–H groups in total. The molecule has 1 aromatic rings. The molecule has 30 heavy (non-hydrogen) atoms. The first kappa shape index (κ1) is 21.3. The standard InChI is InChI=1S/C24H38N4O2/c1-3-30-23-8-6-21(7-9-23)27-16-17-28(19-20(2)18-27)24(29)26-14-10-22(11-15-26)25-12-4-5-13-25/h6-9,20,22H,3-5,10-19H2,1-2H3. The largest absolute Gasteiger partial charge is 0.494 e. The molecule has 6 heteroatoms. The molecule has 3 heterocycles. The highest BCUT2D eigenvalue weighted by molar-refractivity contribution is 5.74. The summed E-state index contributed by atoms with van der Waals surface area (Å²) in [6.45, 7) is 12.8. The van der Waals surface area contributed by atoms with Crippen LogP contribution < -0.4 is 9.64 Å². The summed E-state index contributed by atoms with van der Waals surface area (Å²) in [4.78, 5) is 22.5. The van der Waals surface area contributed by atoms with E-state index in [1.54, 1.807) is 0 Å². The number of hydrogen-bond donors (Lipinski definition) is 0. The molecule has 0 aliphatic carbocycles. The summed E-state index contributed by atoms with van der Waals surface area (Å²) in [5.41, 5.74) is 1.21. The second-order valence-corrected chi connectivity index (χ2v) is 9.17. The van der Waals surface area contributed by atoms with Crippen molar-refractivity contribution in [3.63, 3.8) is 0 Å². The van der Waals surface area contributed by atoms with Crippen molar-refractivity contribution >= 4 is 11.7 Å². The van der Waals surface area contributed by atoms with Crippen LogP contribution in [0.1, 0.15) is 39.5 Å². The first-order valence-corrected chi connectivity index (χ1v) is 11.9. The highest BCUT2D eigenvalue weighted by Crippen LogP contribution is 2.24. The maximum atomic E-state index is 13.2. The molecule has 0 saturated carbocycles. The van der Waals surface area contributed by atoms with Crippen molar-refractivity contribution in [3.8, 4) is 5.75 Å². The van der Waals surface area contributed by atoms with Gasteiger partial charge in [-0.25, -0.2) is 4.79 Å². The Labute approximate surface area is 181 Å². The third kappa shape index (κ3) is 5.02. The third-order valence-electron chi connectivity index (χ3n) is 6.88. The van der Waals surface area contributed by atoms with Crippen LogP contribution in [0.25, 0.3) is 0 Å². The first-order chi connectivity index (χ1) is 14.6. The molecule has 1 aromatic carbocycles. The average molecular weight is 415 g/mol. The van der Waals surface area contributed by atoms with Crippen LogP contribution in [-0.4, -0.2) is 85.7 Å². The van der Waals surface area contributed by atoms with Crippen molar-refractivity contribution in [1.82, 2.24) is 14.7 Å². The summed E-state index contributed by atoms with van der Waals surface area (Å²) >= 11 is 0. The van der Waals surface area contributed by atoms with Crippen LogP contribution in [0.15, 0.2) is 24.3 Å². The Bertz CT molecular complexity index is 681. The number of carbonyl (C=O) groups excluding carboxylic acids is 1. The van der Waals surface area contributed by atoms with E-state index >= 15 is 0 Å². The number of anilines is 1. The lowest BCUT2D eigenvalue weighted by Crippen LogP contribution is -2.51. The molecule has 0 radical (unpaired) electrons. The fraction of sp³-hybridized carbons (Fsp3) is 0.708. The average Bonchev–Trinajstić information content (AvgIpc) is 3.24. The predicted molar refractivity (Wildman–Crippen MR) is 121 cm³/mol. The molecule has 0 bridgehead atoms. The topological polar surface area (TPSA) is 39.3 Å². The molecule has 2 amide bonds. The molecule has 0 spiro atoms. The third-order valence-corrected chi connectivity index (χ3v) is 6.88. The number of rotatable bonds is 4. The minimum atomic E-state index is 0.246. The molecule has 3 aliphatic heterocycles. The molecular formula is C24H38N4O2. The monoisotopic (exact) mass is 414 g/mol. The van der Waals surface area contributed by atoms with E-state index in [0.29, 0.717) is 18.6 Å². The van der Waals surface area contributed by atoms with Gasteiger partial charge in [-0.1, -0.05) is 6.92 Å². The predicted octanol–water partition coefficient (Wildman–Crippen LogP) is 3.52. The Morgan fingerprint density at radius 2 is 1.63 bits per heavy atom. The number of carbonyl (C=O) groups is 1. The minimum absolute atomic E-state index is 0.246. The van der Waals surface area contributed by atoms with Gasteiger partial charge in [0.15, 0.2) is 0 Å². The molecule has 166 valence electrons. The number of amides is 2. The SMILES string of the molecule is CCOc1ccc(N2CCN(C(=O)N3CCC(N4CCCC4)CC3)CC(C)C2)cc1. The van der Waals surface area contributed by atoms with E-state index in [9.17, 15) is 4.79 Å². The van der Waals surface area contributed by atoms with E-state index in [1.807, 2.05) is 19.1 Å². The van der Waals surface area contributed by atoms with Crippen molar-refractivity contribution < 1.29 is 9.53 Å². The number of hydrogen-bond acceptors (Lipinski definition) is 4. The van der Waals surface area contributed by atoms with Gasteiger partial charge >= 0.3 is 6.03 Å². The van der Waals surface area contributed by atoms with Crippen molar-refractivity contribution in [1.29, 1.82) is 0 Å². The molecule has 1 unspecified atom stereocenters. The Morgan fingerprint density at radius 1 is 0.933 bits per heavy atom. The zero-order valence-corrected chi connectivity index (χ0v) is 18.8. The van der Waals surface area contributed by atoms with Crippen LogP contribution in [-0.2, 0) is 0 Å². The summed E-state index contributed by atoms with van der Waals surface area (Å²) in [7, 11) is 0. The van der Waals surface area contributed by atoms with Crippen LogP contribution >= 0.6 is 0 Å². The van der Waals surface area contributed by atoms with E-state index in [4.69, 9.17) is 4.74 Å². The summed E-state index contributed by atoms with van der Waals surface area (Å²) in [5, 5.41) is 0. The van der Waals surface area contributed by atoms with E-state index in [0.717, 1.165) is 57.9 Å². The molecule has 0 aromatic heterocycles. The van der Waals surface area contributed by atoms with Crippen LogP contribution in [0.2, 0.25) is 0 Å². The van der Waals surface area contributed by atoms with Gasteiger partial charge in [-0.15, -0.1) is 0 Å². The van der Waals surface area contributed by atoms with Gasteiger partial charge in [-0.3, -0.25) is 0 Å². The maximum absolute atomic E-state index is 13.2. The number of benzene rings is 1. The summed E-state index contributed by atoms with van der Waals surface area (Å²) in [5.74, 6) is 1.36. The van der Waals surface area contributed by atoms with Gasteiger partial charge in [0.1, 0.15) is 5.75 Å². The van der Waals surface area contributed by atoms with Gasteiger partial charge in [0.25, 0.3) is 0 Å². The molecule has 1 atom stereocenters. The fourth-order valence-electron chi connectivity index (χ4n) is 5.29. The van der Waals surface area contributed by atoms with Gasteiger partial charge in [-0.05, 0) is 75.9 Å². The van der Waals surface area contributed by atoms with E-state index in [-0.39, 0.29) is 6.03 Å². The minimum Gasteiger partial charge on any atom is -0.494 e. The number of nitrogens with zero attached hydrogens (tertiary/aromatic N) is 4. The van der Waals surface area contributed by atoms with Gasteiger partial charge in [-0.2, -0.15) is 0 Å². The van der Waals surface area contributed by atoms with E-state index in [1.165, 1.54) is 31.6 Å². The van der Waals surface area contributed by atoms with Crippen molar-refractivity contribution in [2.75, 3.05) is 63.9 Å². The summed E-state index contributed by atoms with van der Waals surface area (Å²) < 4.78 is 5.57. The Morgan fingerprint density at radius 3 is 2.30 bits per heavy atom. The van der Waals surface area contributed by atoms with E-state index < -0.39 is 0 Å². The number of piperidine rings is 1. The fourth-order valence-corrected chi connectivity index (χ4v) is 5.29. The number of urea groups is 1. The van der Waals surface area contributed by atoms with Crippen LogP contribution in [0.4, 0.5) is 10.5 Å². The van der Waals surface area contributed by atoms with Crippen LogP contribution in [0.5, 0.6) is 5.75 Å². The molecule has 3 fully saturated rings. The van der Waals surface area contributed by atoms with Gasteiger partial charge in [0, 0.05) is 51.0 Å². The van der Waals surface area contributed by atoms with Gasteiger partial charge < -0.3 is 24.3 Å².